The van der Waals surface area contributed by atoms with Gasteiger partial charge in [0.2, 0.25) is 0 Å². The fourth-order valence-corrected chi connectivity index (χ4v) is 1.11. The van der Waals surface area contributed by atoms with Crippen molar-refractivity contribution < 1.29 is 24.2 Å². The molecule has 5 heteroatoms. The number of rotatable bonds is 10. The first kappa shape index (κ1) is 17.4. The maximum absolute atomic E-state index is 11.5. The normalized spacial score (nSPS) is 9.79. The third-order valence-corrected chi connectivity index (χ3v) is 2.37. The molecule has 0 aromatic carbocycles. The Morgan fingerprint density at radius 3 is 1.84 bits per heavy atom. The molecule has 0 aliphatic heterocycles. The van der Waals surface area contributed by atoms with E-state index in [1.165, 1.54) is 0 Å². The van der Waals surface area contributed by atoms with Crippen LogP contribution in [0.4, 0.5) is 0 Å². The van der Waals surface area contributed by atoms with Gasteiger partial charge in [0.15, 0.2) is 0 Å². The minimum Gasteiger partial charge on any atom is -0.462 e. The summed E-state index contributed by atoms with van der Waals surface area (Å²) in [5.74, 6) is -1.33. The first-order chi connectivity index (χ1) is 9.04. The molecule has 0 bridgehead atoms. The maximum atomic E-state index is 11.5. The molecule has 0 saturated carbocycles. The van der Waals surface area contributed by atoms with Gasteiger partial charge < -0.3 is 14.6 Å². The Labute approximate surface area is 113 Å². The van der Waals surface area contributed by atoms with Gasteiger partial charge in [-0.1, -0.05) is 26.5 Å². The second-order valence-electron chi connectivity index (χ2n) is 4.01. The van der Waals surface area contributed by atoms with Gasteiger partial charge in [-0.2, -0.15) is 0 Å². The van der Waals surface area contributed by atoms with Crippen LogP contribution in [0.1, 0.15) is 32.6 Å². The summed E-state index contributed by atoms with van der Waals surface area (Å²) in [5.41, 5.74) is -0.172. The van der Waals surface area contributed by atoms with Gasteiger partial charge in [-0.05, 0) is 19.3 Å². The van der Waals surface area contributed by atoms with Gasteiger partial charge in [-0.25, -0.2) is 9.59 Å². The molecule has 1 N–H and O–H groups in total. The first-order valence-corrected chi connectivity index (χ1v) is 6.37. The van der Waals surface area contributed by atoms with Crippen molar-refractivity contribution in [1.29, 1.82) is 0 Å². The van der Waals surface area contributed by atoms with Crippen molar-refractivity contribution in [3.8, 4) is 0 Å². The third kappa shape index (κ3) is 7.41. The standard InChI is InChI=1S/C14H22O5/c1-4-5-9-18-13(16)11(2)12(3)14(17)19-10-7-6-8-15/h15H,2-10H2,1H3. The highest BCUT2D eigenvalue weighted by molar-refractivity contribution is 6.06. The first-order valence-electron chi connectivity index (χ1n) is 6.37. The van der Waals surface area contributed by atoms with E-state index in [-0.39, 0.29) is 24.4 Å². The Hall–Kier alpha value is -1.62. The van der Waals surface area contributed by atoms with Gasteiger partial charge >= 0.3 is 11.9 Å². The minimum absolute atomic E-state index is 0.0506. The van der Waals surface area contributed by atoms with Crippen LogP contribution in [-0.2, 0) is 19.1 Å². The Morgan fingerprint density at radius 1 is 0.947 bits per heavy atom. The number of aliphatic hydroxyl groups is 1. The summed E-state index contributed by atoms with van der Waals surface area (Å²) >= 11 is 0. The van der Waals surface area contributed by atoms with E-state index in [0.717, 1.165) is 12.8 Å². The molecule has 0 amide bonds. The molecule has 0 atom stereocenters. The highest BCUT2D eigenvalue weighted by Gasteiger charge is 2.19. The average molecular weight is 270 g/mol. The third-order valence-electron chi connectivity index (χ3n) is 2.37. The molecule has 0 heterocycles. The van der Waals surface area contributed by atoms with E-state index < -0.39 is 11.9 Å². The Kier molecular flexibility index (Phi) is 9.44. The van der Waals surface area contributed by atoms with Crippen LogP contribution in [0.25, 0.3) is 0 Å². The maximum Gasteiger partial charge on any atom is 0.338 e. The highest BCUT2D eigenvalue weighted by Crippen LogP contribution is 2.10. The van der Waals surface area contributed by atoms with Crippen LogP contribution in [0.15, 0.2) is 24.3 Å². The zero-order valence-corrected chi connectivity index (χ0v) is 11.4. The molecule has 0 aliphatic rings. The molecule has 5 nitrogen and oxygen atoms in total. The topological polar surface area (TPSA) is 72.8 Å². The molecule has 108 valence electrons. The summed E-state index contributed by atoms with van der Waals surface area (Å²) in [5, 5.41) is 8.57. The summed E-state index contributed by atoms with van der Waals surface area (Å²) in [7, 11) is 0. The lowest BCUT2D eigenvalue weighted by Gasteiger charge is -2.09. The van der Waals surface area contributed by atoms with Crippen LogP contribution >= 0.6 is 0 Å². The second-order valence-corrected chi connectivity index (χ2v) is 4.01. The Balaban J connectivity index is 4.06. The van der Waals surface area contributed by atoms with Gasteiger partial charge in [-0.15, -0.1) is 0 Å². The predicted molar refractivity (Wildman–Crippen MR) is 71.4 cm³/mol. The Morgan fingerprint density at radius 2 is 1.42 bits per heavy atom. The lowest BCUT2D eigenvalue weighted by Crippen LogP contribution is -2.16. The van der Waals surface area contributed by atoms with Crippen LogP contribution in [0.5, 0.6) is 0 Å². The van der Waals surface area contributed by atoms with Crippen LogP contribution in [-0.4, -0.2) is 36.9 Å². The fraction of sp³-hybridized carbons (Fsp3) is 0.571. The average Bonchev–Trinajstić information content (AvgIpc) is 2.41. The van der Waals surface area contributed by atoms with E-state index in [9.17, 15) is 9.59 Å². The molecular formula is C14H22O5. The van der Waals surface area contributed by atoms with Crippen LogP contribution in [0, 0.1) is 0 Å². The van der Waals surface area contributed by atoms with E-state index in [2.05, 4.69) is 13.2 Å². The van der Waals surface area contributed by atoms with Gasteiger partial charge in [0.05, 0.1) is 24.4 Å². The molecular weight excluding hydrogens is 248 g/mol. The zero-order valence-electron chi connectivity index (χ0n) is 11.4. The molecule has 0 saturated heterocycles. The van der Waals surface area contributed by atoms with Gasteiger partial charge in [-0.3, -0.25) is 0 Å². The molecule has 0 radical (unpaired) electrons. The van der Waals surface area contributed by atoms with Gasteiger partial charge in [0, 0.05) is 6.61 Å². The lowest BCUT2D eigenvalue weighted by molar-refractivity contribution is -0.142. The lowest BCUT2D eigenvalue weighted by atomic mass is 10.1. The number of hydrogen-bond donors (Lipinski definition) is 1. The molecule has 19 heavy (non-hydrogen) atoms. The number of unbranched alkanes of at least 4 members (excludes halogenated alkanes) is 2. The van der Waals surface area contributed by atoms with Crippen molar-refractivity contribution in [3.63, 3.8) is 0 Å². The van der Waals surface area contributed by atoms with Crippen molar-refractivity contribution >= 4 is 11.9 Å². The van der Waals surface area contributed by atoms with E-state index in [0.29, 0.717) is 19.4 Å². The molecule has 0 aromatic heterocycles. The molecule has 0 rings (SSSR count). The van der Waals surface area contributed by atoms with Crippen molar-refractivity contribution in [2.24, 2.45) is 0 Å². The largest absolute Gasteiger partial charge is 0.462 e. The number of ether oxygens (including phenoxy) is 2. The smallest absolute Gasteiger partial charge is 0.338 e. The van der Waals surface area contributed by atoms with Crippen LogP contribution < -0.4 is 0 Å². The van der Waals surface area contributed by atoms with Crippen molar-refractivity contribution in [3.05, 3.63) is 24.3 Å². The monoisotopic (exact) mass is 270 g/mol. The summed E-state index contributed by atoms with van der Waals surface area (Å²) in [6.07, 6.45) is 2.79. The summed E-state index contributed by atoms with van der Waals surface area (Å²) in [6.45, 7) is 9.47. The van der Waals surface area contributed by atoms with Crippen molar-refractivity contribution in [2.45, 2.75) is 32.6 Å². The van der Waals surface area contributed by atoms with E-state index >= 15 is 0 Å². The van der Waals surface area contributed by atoms with Gasteiger partial charge in [0.25, 0.3) is 0 Å². The minimum atomic E-state index is -0.685. The number of esters is 2. The fourth-order valence-electron chi connectivity index (χ4n) is 1.11. The Bertz CT molecular complexity index is 333. The predicted octanol–water partition coefficient (Wildman–Crippen LogP) is 1.76. The quantitative estimate of drug-likeness (QED) is 0.283. The van der Waals surface area contributed by atoms with E-state index in [4.69, 9.17) is 14.6 Å². The number of carbonyl (C=O) groups is 2. The van der Waals surface area contributed by atoms with Crippen molar-refractivity contribution in [2.75, 3.05) is 19.8 Å². The summed E-state index contributed by atoms with van der Waals surface area (Å²) < 4.78 is 9.80. The van der Waals surface area contributed by atoms with E-state index in [1.807, 2.05) is 6.92 Å². The van der Waals surface area contributed by atoms with Crippen LogP contribution in [0.3, 0.4) is 0 Å². The number of carbonyl (C=O) groups excluding carboxylic acids is 2. The van der Waals surface area contributed by atoms with Crippen molar-refractivity contribution in [1.82, 2.24) is 0 Å². The molecule has 0 aliphatic carbocycles. The van der Waals surface area contributed by atoms with E-state index in [1.54, 1.807) is 0 Å². The SMILES string of the molecule is C=C(C(=C)C(=O)OCCCCO)C(=O)OCCCC. The second kappa shape index (κ2) is 10.3. The zero-order chi connectivity index (χ0) is 14.7. The molecule has 0 aromatic rings. The number of hydrogen-bond acceptors (Lipinski definition) is 5. The van der Waals surface area contributed by atoms with Gasteiger partial charge in [0.1, 0.15) is 0 Å². The summed E-state index contributed by atoms with van der Waals surface area (Å²) in [4.78, 5) is 23.0. The summed E-state index contributed by atoms with van der Waals surface area (Å²) in [6, 6.07) is 0. The molecule has 0 fully saturated rings. The molecule has 0 spiro atoms. The highest BCUT2D eigenvalue weighted by atomic mass is 16.5. The number of aliphatic hydroxyl groups excluding tert-OH is 1. The molecule has 0 unspecified atom stereocenters. The van der Waals surface area contributed by atoms with Crippen LogP contribution in [0.2, 0.25) is 0 Å².